The van der Waals surface area contributed by atoms with Gasteiger partial charge in [0.2, 0.25) is 0 Å². The molecular weight excluding hydrogens is 800 g/mol. The van der Waals surface area contributed by atoms with Gasteiger partial charge in [-0.3, -0.25) is 19.7 Å². The van der Waals surface area contributed by atoms with Crippen molar-refractivity contribution in [2.45, 2.75) is 16.0 Å². The molecule has 4 aromatic carbocycles. The molecule has 1 saturated heterocycles. The van der Waals surface area contributed by atoms with E-state index in [0.29, 0.717) is 17.9 Å². The fraction of sp³-hybridized carbons (Fsp3) is 0.179. The molecule has 1 aliphatic heterocycles. The van der Waals surface area contributed by atoms with Crippen LogP contribution in [0.1, 0.15) is 37.5 Å². The van der Waals surface area contributed by atoms with E-state index < -0.39 is 49.1 Å². The van der Waals surface area contributed by atoms with Crippen molar-refractivity contribution < 1.29 is 41.2 Å². The standard InChI is InChI=1S/C39H32F3N7O7S2/c40-39(41,42)29-22-27(10-9-26-5-4-6-30(50)23-26)21-28(24-29)38(52)48-18-16-47(17-19-48)36-14-13-34(44-45-36)37(51)46-58(55,56)32-11-12-33(35(25-32)49(53)54)43-15-20-57-31-7-2-1-3-8-31/h1-8,11-14,21-25,43,50H,15-20H2,(H,46,51). The lowest BCUT2D eigenvalue weighted by atomic mass is 10.0. The summed E-state index contributed by atoms with van der Waals surface area (Å²) in [5, 5.41) is 32.3. The number of alkyl halides is 3. The number of nitro groups is 1. The number of thioether (sulfide) groups is 1. The molecule has 5 aromatic rings. The second kappa shape index (κ2) is 17.7. The van der Waals surface area contributed by atoms with Gasteiger partial charge in [0.05, 0.1) is 15.4 Å². The van der Waals surface area contributed by atoms with Crippen LogP contribution < -0.4 is 14.9 Å². The first-order chi connectivity index (χ1) is 27.7. The maximum atomic E-state index is 13.8. The van der Waals surface area contributed by atoms with Crippen molar-refractivity contribution in [2.75, 3.05) is 48.7 Å². The van der Waals surface area contributed by atoms with E-state index >= 15 is 0 Å². The fourth-order valence-corrected chi connectivity index (χ4v) is 7.50. The van der Waals surface area contributed by atoms with Crippen LogP contribution in [0.3, 0.4) is 0 Å². The minimum atomic E-state index is -4.74. The number of carbonyl (C=O) groups is 2. The molecule has 298 valence electrons. The first-order valence-electron chi connectivity index (χ1n) is 17.3. The van der Waals surface area contributed by atoms with Gasteiger partial charge >= 0.3 is 6.18 Å². The normalized spacial score (nSPS) is 12.9. The summed E-state index contributed by atoms with van der Waals surface area (Å²) in [5.74, 6) is 4.37. The highest BCUT2D eigenvalue weighted by Crippen LogP contribution is 2.32. The van der Waals surface area contributed by atoms with Gasteiger partial charge in [0, 0.05) is 66.1 Å². The molecule has 0 spiro atoms. The molecule has 1 aromatic heterocycles. The number of aromatic nitrogens is 2. The molecule has 0 bridgehead atoms. The molecule has 0 saturated carbocycles. The highest BCUT2D eigenvalue weighted by atomic mass is 32.2. The lowest BCUT2D eigenvalue weighted by Gasteiger charge is -2.35. The van der Waals surface area contributed by atoms with E-state index in [-0.39, 0.29) is 60.3 Å². The average molecular weight is 832 g/mol. The van der Waals surface area contributed by atoms with Gasteiger partial charge in [-0.1, -0.05) is 36.1 Å². The Balaban J connectivity index is 1.06. The average Bonchev–Trinajstić information content (AvgIpc) is 3.21. The molecule has 58 heavy (non-hydrogen) atoms. The number of phenolic OH excluding ortho intramolecular Hbond substituents is 1. The number of nitro benzene ring substituents is 1. The molecule has 0 atom stereocenters. The third-order valence-electron chi connectivity index (χ3n) is 8.61. The van der Waals surface area contributed by atoms with Gasteiger partial charge in [-0.25, -0.2) is 13.1 Å². The number of rotatable bonds is 11. The van der Waals surface area contributed by atoms with Gasteiger partial charge in [0.15, 0.2) is 11.5 Å². The first kappa shape index (κ1) is 41.0. The Hall–Kier alpha value is -6.65. The Morgan fingerprint density at radius 3 is 2.29 bits per heavy atom. The largest absolute Gasteiger partial charge is 0.508 e. The number of nitrogens with zero attached hydrogens (tertiary/aromatic N) is 5. The SMILES string of the molecule is O=C(NS(=O)(=O)c1ccc(NCCSc2ccccc2)c([N+](=O)[O-])c1)c1ccc(N2CCN(C(=O)c3cc(C#Cc4cccc(O)c4)cc(C(F)(F)F)c3)CC2)nn1. The van der Waals surface area contributed by atoms with Gasteiger partial charge in [-0.15, -0.1) is 22.0 Å². The number of aromatic hydroxyl groups is 1. The highest BCUT2D eigenvalue weighted by Gasteiger charge is 2.33. The number of piperazine rings is 1. The first-order valence-corrected chi connectivity index (χ1v) is 19.8. The van der Waals surface area contributed by atoms with Gasteiger partial charge in [0.25, 0.3) is 27.5 Å². The molecule has 19 heteroatoms. The van der Waals surface area contributed by atoms with Gasteiger partial charge in [-0.2, -0.15) is 13.2 Å². The molecule has 1 aliphatic rings. The van der Waals surface area contributed by atoms with Crippen molar-refractivity contribution in [3.63, 3.8) is 0 Å². The van der Waals surface area contributed by atoms with Crippen molar-refractivity contribution in [3.8, 4) is 17.6 Å². The van der Waals surface area contributed by atoms with Gasteiger partial charge in [-0.05, 0) is 72.8 Å². The number of amides is 2. The smallest absolute Gasteiger partial charge is 0.416 e. The Morgan fingerprint density at radius 1 is 0.879 bits per heavy atom. The minimum Gasteiger partial charge on any atom is -0.508 e. The second-order valence-electron chi connectivity index (χ2n) is 12.6. The van der Waals surface area contributed by atoms with Crippen LogP contribution in [0.25, 0.3) is 0 Å². The number of hydrogen-bond acceptors (Lipinski definition) is 12. The number of sulfonamides is 1. The predicted octanol–water partition coefficient (Wildman–Crippen LogP) is 5.79. The third kappa shape index (κ3) is 10.4. The summed E-state index contributed by atoms with van der Waals surface area (Å²) in [4.78, 5) is 41.0. The van der Waals surface area contributed by atoms with Gasteiger partial charge < -0.3 is 20.2 Å². The number of halogens is 3. The van der Waals surface area contributed by atoms with Crippen LogP contribution in [0.15, 0.2) is 113 Å². The zero-order valence-corrected chi connectivity index (χ0v) is 31.8. The second-order valence-corrected chi connectivity index (χ2v) is 15.5. The maximum absolute atomic E-state index is 13.8. The summed E-state index contributed by atoms with van der Waals surface area (Å²) in [6, 6.07) is 24.2. The lowest BCUT2D eigenvalue weighted by molar-refractivity contribution is -0.384. The number of hydrogen-bond donors (Lipinski definition) is 3. The number of nitrogens with one attached hydrogen (secondary N) is 2. The van der Waals surface area contributed by atoms with E-state index in [1.54, 1.807) is 11.0 Å². The monoisotopic (exact) mass is 831 g/mol. The molecule has 2 amide bonds. The summed E-state index contributed by atoms with van der Waals surface area (Å²) in [7, 11) is -4.57. The molecule has 14 nitrogen and oxygen atoms in total. The molecule has 1 fully saturated rings. The Morgan fingerprint density at radius 2 is 1.62 bits per heavy atom. The van der Waals surface area contributed by atoms with E-state index in [0.717, 1.165) is 29.2 Å². The van der Waals surface area contributed by atoms with Crippen LogP contribution in [0.4, 0.5) is 30.4 Å². The van der Waals surface area contributed by atoms with Crippen LogP contribution in [0.2, 0.25) is 0 Å². The zero-order chi connectivity index (χ0) is 41.5. The van der Waals surface area contributed by atoms with E-state index in [1.165, 1.54) is 59.1 Å². The summed E-state index contributed by atoms with van der Waals surface area (Å²) in [6.45, 7) is 0.980. The van der Waals surface area contributed by atoms with E-state index in [1.807, 2.05) is 35.1 Å². The zero-order valence-electron chi connectivity index (χ0n) is 30.1. The minimum absolute atomic E-state index is 0.0380. The fourth-order valence-electron chi connectivity index (χ4n) is 5.73. The summed E-state index contributed by atoms with van der Waals surface area (Å²) in [5.41, 5.74) is -1.67. The molecule has 0 aliphatic carbocycles. The molecule has 0 radical (unpaired) electrons. The molecular formula is C39H32F3N7O7S2. The number of anilines is 2. The van der Waals surface area contributed by atoms with Crippen molar-refractivity contribution >= 4 is 50.8 Å². The van der Waals surface area contributed by atoms with Crippen LogP contribution >= 0.6 is 11.8 Å². The predicted molar refractivity (Wildman–Crippen MR) is 209 cm³/mol. The van der Waals surface area contributed by atoms with E-state index in [4.69, 9.17) is 0 Å². The van der Waals surface area contributed by atoms with Crippen LogP contribution in [0.5, 0.6) is 5.75 Å². The maximum Gasteiger partial charge on any atom is 0.416 e. The number of carbonyl (C=O) groups excluding carboxylic acids is 2. The van der Waals surface area contributed by atoms with Crippen LogP contribution in [0, 0.1) is 22.0 Å². The van der Waals surface area contributed by atoms with E-state index in [2.05, 4.69) is 27.4 Å². The van der Waals surface area contributed by atoms with E-state index in [9.17, 15) is 46.4 Å². The van der Waals surface area contributed by atoms with Gasteiger partial charge in [0.1, 0.15) is 11.4 Å². The van der Waals surface area contributed by atoms with Crippen LogP contribution in [-0.4, -0.2) is 83.8 Å². The van der Waals surface area contributed by atoms with Crippen LogP contribution in [-0.2, 0) is 16.2 Å². The Bertz CT molecular complexity index is 2510. The molecule has 0 unspecified atom stereocenters. The van der Waals surface area contributed by atoms with Crippen molar-refractivity contribution in [2.24, 2.45) is 0 Å². The molecule has 2 heterocycles. The lowest BCUT2D eigenvalue weighted by Crippen LogP contribution is -2.49. The van der Waals surface area contributed by atoms with Crippen molar-refractivity contribution in [1.82, 2.24) is 19.8 Å². The highest BCUT2D eigenvalue weighted by molar-refractivity contribution is 7.99. The summed E-state index contributed by atoms with van der Waals surface area (Å²) >= 11 is 1.54. The molecule has 6 rings (SSSR count). The molecule has 3 N–H and O–H groups in total. The van der Waals surface area contributed by atoms with Crippen molar-refractivity contribution in [1.29, 1.82) is 0 Å². The van der Waals surface area contributed by atoms with Crippen molar-refractivity contribution in [3.05, 3.63) is 141 Å². The summed E-state index contributed by atoms with van der Waals surface area (Å²) < 4.78 is 69.3. The summed E-state index contributed by atoms with van der Waals surface area (Å²) in [6.07, 6.45) is -4.74. The number of benzene rings is 4. The topological polar surface area (TPSA) is 188 Å². The number of phenols is 1. The Kier molecular flexibility index (Phi) is 12.5. The third-order valence-corrected chi connectivity index (χ3v) is 11.0. The quantitative estimate of drug-likeness (QED) is 0.0479. The Labute approximate surface area is 334 Å².